The van der Waals surface area contributed by atoms with Gasteiger partial charge in [-0.2, -0.15) is 0 Å². The molecule has 4 bridgehead atoms. The van der Waals surface area contributed by atoms with Crippen LogP contribution in [0.4, 0.5) is 11.4 Å². The number of aromatic hydroxyl groups is 1. The standard InChI is InChI=1S/C51H64N4O13/c1-24(2)23-54-16-18-55(19-17-54)32-21-33(57)39-35(22-32)67-48-40(52-39)36-37-44(60)30(8)47-38(36)49(62)51(10,68-47)65-20-15-34(64-11)27(5)46(66-31(9)56)29(7)43(59)28(6)42(58)25(3)13-12-14-26(4)50(63)53-41(48)45(37)61/h12-15,20-22,24-25,27-29,34,42-43,46,58-60,62H,16-19,23H2,1-11H3,(H,53,63)/t25-,27+,28+,29+,34-,42-,43+,46+,51-/m0/s1. The highest BCUT2D eigenvalue weighted by Crippen LogP contribution is 2.42. The highest BCUT2D eigenvalue weighted by molar-refractivity contribution is 6.16. The number of piperazine rings is 1. The molecular weight excluding hydrogens is 877 g/mol. The molecule has 4 aromatic rings. The number of carbonyl (C=O) groups is 2. The van der Waals surface area contributed by atoms with E-state index >= 15 is 0 Å². The summed E-state index contributed by atoms with van der Waals surface area (Å²) in [4.78, 5) is 64.7. The number of fused-ring (bicyclic) bond motifs is 2. The number of amides is 1. The Labute approximate surface area is 394 Å². The van der Waals surface area contributed by atoms with E-state index in [4.69, 9.17) is 28.3 Å². The Kier molecular flexibility index (Phi) is 14.3. The topological polar surface area (TPSA) is 231 Å². The quantitative estimate of drug-likeness (QED) is 0.0966. The van der Waals surface area contributed by atoms with Crippen LogP contribution in [0.5, 0.6) is 11.5 Å². The Hall–Kier alpha value is -6.01. The number of carbonyl (C=O) groups excluding carboxylic acids is 2. The van der Waals surface area contributed by atoms with E-state index in [9.17, 15) is 39.6 Å². The maximum atomic E-state index is 14.9. The van der Waals surface area contributed by atoms with Crippen LogP contribution in [0, 0.1) is 36.5 Å². The lowest BCUT2D eigenvalue weighted by molar-refractivity contribution is -0.160. The molecule has 1 amide bonds. The Bertz CT molecular complexity index is 2900. The highest BCUT2D eigenvalue weighted by atomic mass is 16.7. The van der Waals surface area contributed by atoms with Crippen molar-refractivity contribution in [3.63, 3.8) is 0 Å². The number of methoxy groups -OCH3 is 1. The first-order valence-electron chi connectivity index (χ1n) is 23.2. The summed E-state index contributed by atoms with van der Waals surface area (Å²) < 4.78 is 30.5. The van der Waals surface area contributed by atoms with E-state index < -0.39 is 88.1 Å². The molecule has 3 aliphatic heterocycles. The monoisotopic (exact) mass is 940 g/mol. The van der Waals surface area contributed by atoms with Crippen LogP contribution in [-0.4, -0.2) is 112 Å². The second kappa shape index (κ2) is 19.5. The van der Waals surface area contributed by atoms with Gasteiger partial charge in [0.05, 0.1) is 35.2 Å². The highest BCUT2D eigenvalue weighted by Gasteiger charge is 2.44. The second-order valence-corrected chi connectivity index (χ2v) is 19.2. The van der Waals surface area contributed by atoms with Gasteiger partial charge in [0, 0.05) is 112 Å². The summed E-state index contributed by atoms with van der Waals surface area (Å²) in [6.45, 7) is 20.8. The van der Waals surface area contributed by atoms with Crippen LogP contribution in [0.2, 0.25) is 0 Å². The number of nitrogens with zero attached hydrogens (tertiary/aromatic N) is 3. The number of hydrogen-bond acceptors (Lipinski definition) is 16. The average Bonchev–Trinajstić information content (AvgIpc) is 3.56. The molecule has 0 unspecified atom stereocenters. The van der Waals surface area contributed by atoms with Crippen LogP contribution in [0.15, 0.2) is 62.3 Å². The van der Waals surface area contributed by atoms with Crippen LogP contribution in [0.25, 0.3) is 38.7 Å². The van der Waals surface area contributed by atoms with Crippen LogP contribution in [-0.2, 0) is 23.8 Å². The number of allylic oxidation sites excluding steroid dienone is 2. The van der Waals surface area contributed by atoms with Crippen molar-refractivity contribution in [1.82, 2.24) is 9.88 Å². The van der Waals surface area contributed by atoms with Crippen LogP contribution < -0.4 is 31.0 Å². The predicted octanol–water partition coefficient (Wildman–Crippen LogP) is 5.34. The molecule has 17 nitrogen and oxygen atoms in total. The number of nitrogens with one attached hydrogen (secondary N) is 1. The average molecular weight is 941 g/mol. The molecule has 3 aliphatic rings. The van der Waals surface area contributed by atoms with E-state index in [0.717, 1.165) is 19.6 Å². The lowest BCUT2D eigenvalue weighted by Crippen LogP contribution is -2.47. The Morgan fingerprint density at radius 2 is 1.65 bits per heavy atom. The minimum Gasteiger partial charge on any atom is -0.507 e. The van der Waals surface area contributed by atoms with Crippen molar-refractivity contribution in [3.05, 3.63) is 79.5 Å². The number of rotatable bonds is 5. The van der Waals surface area contributed by atoms with Gasteiger partial charge in [0.1, 0.15) is 28.8 Å². The normalized spacial score (nSPS) is 27.8. The van der Waals surface area contributed by atoms with E-state index in [0.29, 0.717) is 24.7 Å². The van der Waals surface area contributed by atoms with Gasteiger partial charge >= 0.3 is 11.8 Å². The fraction of sp³-hybridized carbons (Fsp3) is 0.510. The van der Waals surface area contributed by atoms with Crippen molar-refractivity contribution in [3.8, 4) is 11.5 Å². The third-order valence-corrected chi connectivity index (χ3v) is 13.8. The number of esters is 1. The molecule has 17 heteroatoms. The zero-order valence-corrected chi connectivity index (χ0v) is 40.6. The summed E-state index contributed by atoms with van der Waals surface area (Å²) in [5.74, 6) is -6.43. The van der Waals surface area contributed by atoms with Gasteiger partial charge in [0.25, 0.3) is 5.91 Å². The number of aliphatic hydroxyl groups excluding tert-OH is 3. The molecule has 5 N–H and O–H groups in total. The first kappa shape index (κ1) is 49.9. The number of phenolic OH excluding ortho intramolecular Hbond substituents is 1. The molecule has 1 aromatic heterocycles. The number of phenols is 1. The third-order valence-electron chi connectivity index (χ3n) is 13.8. The minimum atomic E-state index is -1.98. The molecule has 366 valence electrons. The minimum absolute atomic E-state index is 0.0390. The van der Waals surface area contributed by atoms with Gasteiger partial charge in [-0.25, -0.2) is 4.98 Å². The summed E-state index contributed by atoms with van der Waals surface area (Å²) in [6, 6.07) is 3.16. The van der Waals surface area contributed by atoms with Crippen molar-refractivity contribution in [1.29, 1.82) is 0 Å². The number of aliphatic hydroxyl groups is 3. The van der Waals surface area contributed by atoms with Crippen molar-refractivity contribution >= 4 is 62.0 Å². The smallest absolute Gasteiger partial charge is 0.307 e. The summed E-state index contributed by atoms with van der Waals surface area (Å²) in [5.41, 5.74) is -1.35. The first-order chi connectivity index (χ1) is 32.1. The zero-order valence-electron chi connectivity index (χ0n) is 40.6. The molecule has 1 saturated heterocycles. The predicted molar refractivity (Wildman–Crippen MR) is 259 cm³/mol. The summed E-state index contributed by atoms with van der Waals surface area (Å²) in [7, 11) is 1.45. The summed E-state index contributed by atoms with van der Waals surface area (Å²) in [6.07, 6.45) is 3.57. The maximum absolute atomic E-state index is 14.9. The van der Waals surface area contributed by atoms with E-state index in [1.54, 1.807) is 45.9 Å². The summed E-state index contributed by atoms with van der Waals surface area (Å²) >= 11 is 0. The molecule has 9 atom stereocenters. The molecule has 0 saturated carbocycles. The fourth-order valence-corrected chi connectivity index (χ4v) is 9.76. The van der Waals surface area contributed by atoms with Gasteiger partial charge in [-0.3, -0.25) is 24.1 Å². The van der Waals surface area contributed by atoms with Crippen molar-refractivity contribution in [2.24, 2.45) is 29.6 Å². The molecule has 0 radical (unpaired) electrons. The SMILES string of the molecule is CO[C@H]1C=CO[C@@]2(C)Oc3c(C)c(O)c4c(=O)c(c5oc6cc(N7CCN(CC(C)C)CC7)cc(=O)c6nc5c4c3=C2O)NC(=O)C(C)=CC=C[C@H](C)[C@H](O)[C@@H](C)[C@@H](O)[C@@H](C)[C@H](OC(C)=O)[C@@H]1C. The lowest BCUT2D eigenvalue weighted by atomic mass is 9.78. The molecule has 0 spiro atoms. The molecule has 1 fully saturated rings. The molecule has 68 heavy (non-hydrogen) atoms. The van der Waals surface area contributed by atoms with Crippen molar-refractivity contribution in [2.75, 3.05) is 50.1 Å². The lowest BCUT2D eigenvalue weighted by Gasteiger charge is -2.38. The molecule has 0 aliphatic carbocycles. The maximum Gasteiger partial charge on any atom is 0.307 e. The van der Waals surface area contributed by atoms with Gasteiger partial charge in [0.15, 0.2) is 22.4 Å². The van der Waals surface area contributed by atoms with E-state index in [2.05, 4.69) is 29.0 Å². The molecule has 3 aromatic carbocycles. The van der Waals surface area contributed by atoms with Crippen LogP contribution in [0.1, 0.15) is 67.9 Å². The largest absolute Gasteiger partial charge is 0.507 e. The Morgan fingerprint density at radius 1 is 0.956 bits per heavy atom. The zero-order chi connectivity index (χ0) is 49.7. The van der Waals surface area contributed by atoms with Gasteiger partial charge in [-0.15, -0.1) is 0 Å². The van der Waals surface area contributed by atoms with E-state index in [-0.39, 0.29) is 60.8 Å². The molecule has 7 rings (SSSR count). The van der Waals surface area contributed by atoms with E-state index in [1.165, 1.54) is 59.3 Å². The molecule has 4 heterocycles. The van der Waals surface area contributed by atoms with Gasteiger partial charge < -0.3 is 54.0 Å². The number of anilines is 2. The number of hydrogen-bond donors (Lipinski definition) is 5. The van der Waals surface area contributed by atoms with E-state index in [1.807, 2.05) is 0 Å². The fourth-order valence-electron chi connectivity index (χ4n) is 9.76. The second-order valence-electron chi connectivity index (χ2n) is 19.2. The van der Waals surface area contributed by atoms with Gasteiger partial charge in [-0.1, -0.05) is 59.8 Å². The van der Waals surface area contributed by atoms with Gasteiger partial charge in [-0.05, 0) is 25.8 Å². The molecular formula is C51H64N4O13. The third kappa shape index (κ3) is 9.28. The number of benzene rings is 3. The first-order valence-corrected chi connectivity index (χ1v) is 23.2. The van der Waals surface area contributed by atoms with Crippen LogP contribution in [0.3, 0.4) is 0 Å². The Morgan fingerprint density at radius 3 is 2.29 bits per heavy atom. The van der Waals surface area contributed by atoms with Crippen molar-refractivity contribution < 1.29 is 53.4 Å². The van der Waals surface area contributed by atoms with Gasteiger partial charge in [0.2, 0.25) is 10.9 Å². The number of aromatic nitrogens is 1. The Balaban J connectivity index is 1.46. The van der Waals surface area contributed by atoms with Crippen molar-refractivity contribution in [2.45, 2.75) is 99.4 Å². The number of ether oxygens (including phenoxy) is 4. The summed E-state index contributed by atoms with van der Waals surface area (Å²) in [5, 5.41) is 49.3. The van der Waals surface area contributed by atoms with Crippen LogP contribution >= 0.6 is 0 Å².